The van der Waals surface area contributed by atoms with Crippen LogP contribution >= 0.6 is 0 Å². The number of para-hydroxylation sites is 2. The Kier molecular flexibility index (Phi) is 7.13. The minimum atomic E-state index is 0.198. The molecule has 1 amide bonds. The van der Waals surface area contributed by atoms with Crippen molar-refractivity contribution < 1.29 is 14.4 Å². The predicted molar refractivity (Wildman–Crippen MR) is 125 cm³/mol. The third-order valence-electron chi connectivity index (χ3n) is 6.71. The largest absolute Gasteiger partial charge is 0.492 e. The molecule has 2 aromatic carbocycles. The first-order valence-electron chi connectivity index (χ1n) is 11.8. The van der Waals surface area contributed by atoms with E-state index < -0.39 is 0 Å². The van der Waals surface area contributed by atoms with Crippen LogP contribution in [0.4, 0.5) is 5.69 Å². The summed E-state index contributed by atoms with van der Waals surface area (Å²) in [5, 5.41) is 0. The third kappa shape index (κ3) is 5.40. The van der Waals surface area contributed by atoms with Gasteiger partial charge in [0.05, 0.1) is 25.4 Å². The SMILES string of the molecule is CCOc1ccccc1N1CCN(C(=O)C2CC[NH+](Cc3ccc(C)cc3)CC2)CC1. The molecule has 2 fully saturated rings. The number of nitrogens with one attached hydrogen (secondary N) is 1. The van der Waals surface area contributed by atoms with Gasteiger partial charge in [-0.3, -0.25) is 4.79 Å². The first kappa shape index (κ1) is 21.7. The van der Waals surface area contributed by atoms with E-state index in [4.69, 9.17) is 4.74 Å². The van der Waals surface area contributed by atoms with Crippen molar-refractivity contribution in [2.75, 3.05) is 50.8 Å². The summed E-state index contributed by atoms with van der Waals surface area (Å²) in [6, 6.07) is 17.1. The summed E-state index contributed by atoms with van der Waals surface area (Å²) in [5.41, 5.74) is 3.85. The van der Waals surface area contributed by atoms with Crippen molar-refractivity contribution in [1.29, 1.82) is 0 Å². The number of quaternary nitrogens is 1. The second-order valence-electron chi connectivity index (χ2n) is 8.90. The van der Waals surface area contributed by atoms with Crippen LogP contribution in [0.25, 0.3) is 0 Å². The molecule has 1 N–H and O–H groups in total. The average molecular weight is 423 g/mol. The summed E-state index contributed by atoms with van der Waals surface area (Å²) in [6.07, 6.45) is 2.01. The lowest BCUT2D eigenvalue weighted by Crippen LogP contribution is -3.11. The zero-order chi connectivity index (χ0) is 21.6. The van der Waals surface area contributed by atoms with Crippen molar-refractivity contribution in [3.63, 3.8) is 0 Å². The van der Waals surface area contributed by atoms with Gasteiger partial charge in [0.2, 0.25) is 5.91 Å². The van der Waals surface area contributed by atoms with Gasteiger partial charge in [0.25, 0.3) is 0 Å². The zero-order valence-electron chi connectivity index (χ0n) is 19.0. The van der Waals surface area contributed by atoms with Gasteiger partial charge in [-0.2, -0.15) is 0 Å². The molecule has 31 heavy (non-hydrogen) atoms. The van der Waals surface area contributed by atoms with Crippen LogP contribution < -0.4 is 14.5 Å². The van der Waals surface area contributed by atoms with Crippen molar-refractivity contribution >= 4 is 11.6 Å². The van der Waals surface area contributed by atoms with E-state index in [2.05, 4.69) is 53.1 Å². The maximum absolute atomic E-state index is 13.1. The summed E-state index contributed by atoms with van der Waals surface area (Å²) in [7, 11) is 0. The average Bonchev–Trinajstić information content (AvgIpc) is 2.81. The highest BCUT2D eigenvalue weighted by molar-refractivity contribution is 5.79. The molecule has 0 radical (unpaired) electrons. The Morgan fingerprint density at radius 1 is 1.00 bits per heavy atom. The lowest BCUT2D eigenvalue weighted by atomic mass is 9.94. The molecule has 0 saturated carbocycles. The Labute approximate surface area is 186 Å². The maximum atomic E-state index is 13.1. The van der Waals surface area contributed by atoms with Crippen LogP contribution in [0, 0.1) is 12.8 Å². The Balaban J connectivity index is 1.25. The van der Waals surface area contributed by atoms with E-state index in [0.717, 1.165) is 70.1 Å². The van der Waals surface area contributed by atoms with Crippen LogP contribution in [-0.2, 0) is 11.3 Å². The summed E-state index contributed by atoms with van der Waals surface area (Å²) >= 11 is 0. The summed E-state index contributed by atoms with van der Waals surface area (Å²) < 4.78 is 5.79. The van der Waals surface area contributed by atoms with E-state index in [0.29, 0.717) is 12.5 Å². The number of piperazine rings is 1. The second kappa shape index (κ2) is 10.2. The molecule has 0 spiro atoms. The molecule has 0 bridgehead atoms. The molecule has 0 aliphatic carbocycles. The Morgan fingerprint density at radius 2 is 1.68 bits per heavy atom. The molecule has 0 atom stereocenters. The molecule has 2 heterocycles. The van der Waals surface area contributed by atoms with Gasteiger partial charge in [0.1, 0.15) is 12.3 Å². The highest BCUT2D eigenvalue weighted by Gasteiger charge is 2.32. The molecule has 2 aliphatic rings. The summed E-state index contributed by atoms with van der Waals surface area (Å²) in [6.45, 7) is 11.4. The number of rotatable bonds is 6. The molecule has 5 heteroatoms. The number of aryl methyl sites for hydroxylation is 1. The zero-order valence-corrected chi connectivity index (χ0v) is 19.0. The minimum absolute atomic E-state index is 0.198. The normalized spacial score (nSPS) is 21.7. The van der Waals surface area contributed by atoms with Crippen molar-refractivity contribution in [3.8, 4) is 5.75 Å². The Hall–Kier alpha value is -2.53. The van der Waals surface area contributed by atoms with Crippen LogP contribution in [0.1, 0.15) is 30.9 Å². The first-order chi connectivity index (χ1) is 15.1. The van der Waals surface area contributed by atoms with Crippen LogP contribution in [0.2, 0.25) is 0 Å². The van der Waals surface area contributed by atoms with Crippen LogP contribution in [0.3, 0.4) is 0 Å². The number of benzene rings is 2. The predicted octanol–water partition coefficient (Wildman–Crippen LogP) is 2.54. The molecular formula is C26H36N3O2+. The molecule has 2 saturated heterocycles. The number of likely N-dealkylation sites (tertiary alicyclic amines) is 1. The van der Waals surface area contributed by atoms with Crippen molar-refractivity contribution in [2.24, 2.45) is 5.92 Å². The number of piperidine rings is 1. The smallest absolute Gasteiger partial charge is 0.226 e. The fourth-order valence-corrected chi connectivity index (χ4v) is 4.87. The quantitative estimate of drug-likeness (QED) is 0.777. The van der Waals surface area contributed by atoms with Gasteiger partial charge in [-0.15, -0.1) is 0 Å². The van der Waals surface area contributed by atoms with Crippen molar-refractivity contribution in [1.82, 2.24) is 4.90 Å². The highest BCUT2D eigenvalue weighted by Crippen LogP contribution is 2.29. The van der Waals surface area contributed by atoms with Crippen molar-refractivity contribution in [3.05, 3.63) is 59.7 Å². The molecule has 2 aliphatic heterocycles. The van der Waals surface area contributed by atoms with E-state index in [1.807, 2.05) is 19.1 Å². The van der Waals surface area contributed by atoms with Crippen molar-refractivity contribution in [2.45, 2.75) is 33.2 Å². The lowest BCUT2D eigenvalue weighted by molar-refractivity contribution is -0.919. The molecule has 5 nitrogen and oxygen atoms in total. The Bertz CT molecular complexity index is 851. The molecule has 0 aromatic heterocycles. The molecular weight excluding hydrogens is 386 g/mol. The van der Waals surface area contributed by atoms with E-state index in [-0.39, 0.29) is 5.92 Å². The fourth-order valence-electron chi connectivity index (χ4n) is 4.87. The molecule has 166 valence electrons. The van der Waals surface area contributed by atoms with Gasteiger partial charge in [0, 0.05) is 50.5 Å². The number of hydrogen-bond acceptors (Lipinski definition) is 3. The third-order valence-corrected chi connectivity index (χ3v) is 6.71. The van der Waals surface area contributed by atoms with E-state index in [9.17, 15) is 4.79 Å². The van der Waals surface area contributed by atoms with Gasteiger partial charge < -0.3 is 19.4 Å². The highest BCUT2D eigenvalue weighted by atomic mass is 16.5. The first-order valence-corrected chi connectivity index (χ1v) is 11.8. The number of carbonyl (C=O) groups excluding carboxylic acids is 1. The molecule has 2 aromatic rings. The fraction of sp³-hybridized carbons (Fsp3) is 0.500. The summed E-state index contributed by atoms with van der Waals surface area (Å²) in [4.78, 5) is 19.2. The second-order valence-corrected chi connectivity index (χ2v) is 8.90. The van der Waals surface area contributed by atoms with E-state index in [1.54, 1.807) is 4.90 Å². The van der Waals surface area contributed by atoms with Gasteiger partial charge in [-0.05, 0) is 26.0 Å². The topological polar surface area (TPSA) is 37.2 Å². The number of amides is 1. The van der Waals surface area contributed by atoms with Gasteiger partial charge in [-0.25, -0.2) is 0 Å². The molecule has 0 unspecified atom stereocenters. The van der Waals surface area contributed by atoms with Gasteiger partial charge in [0.15, 0.2) is 0 Å². The Morgan fingerprint density at radius 3 is 2.35 bits per heavy atom. The molecule has 4 rings (SSSR count). The summed E-state index contributed by atoms with van der Waals surface area (Å²) in [5.74, 6) is 1.50. The van der Waals surface area contributed by atoms with Gasteiger partial charge in [-0.1, -0.05) is 42.0 Å². The van der Waals surface area contributed by atoms with Crippen LogP contribution in [0.15, 0.2) is 48.5 Å². The number of nitrogens with zero attached hydrogens (tertiary/aromatic N) is 2. The number of ether oxygens (including phenoxy) is 1. The number of anilines is 1. The van der Waals surface area contributed by atoms with E-state index in [1.165, 1.54) is 11.1 Å². The van der Waals surface area contributed by atoms with Gasteiger partial charge >= 0.3 is 0 Å². The van der Waals surface area contributed by atoms with Crippen LogP contribution in [-0.4, -0.2) is 56.7 Å². The number of hydrogen-bond donors (Lipinski definition) is 1. The van der Waals surface area contributed by atoms with E-state index >= 15 is 0 Å². The lowest BCUT2D eigenvalue weighted by Gasteiger charge is -2.39. The maximum Gasteiger partial charge on any atom is 0.226 e. The monoisotopic (exact) mass is 422 g/mol. The number of carbonyl (C=O) groups is 1. The minimum Gasteiger partial charge on any atom is -0.492 e. The van der Waals surface area contributed by atoms with Crippen LogP contribution in [0.5, 0.6) is 5.75 Å². The standard InChI is InChI=1S/C26H35N3O2/c1-3-31-25-7-5-4-6-24(25)28-16-18-29(19-17-28)26(30)23-12-14-27(15-13-23)20-22-10-8-21(2)9-11-22/h4-11,23H,3,12-20H2,1-2H3/p+1.